The third kappa shape index (κ3) is 4.53. The molecule has 1 aromatic carbocycles. The number of benzene rings is 1. The number of aromatic nitrogens is 2. The molecule has 0 aliphatic carbocycles. The highest BCUT2D eigenvalue weighted by Crippen LogP contribution is 2.20. The van der Waals surface area contributed by atoms with Crippen LogP contribution in [0.2, 0.25) is 5.02 Å². The summed E-state index contributed by atoms with van der Waals surface area (Å²) in [7, 11) is 1.74. The van der Waals surface area contributed by atoms with E-state index in [9.17, 15) is 9.18 Å². The van der Waals surface area contributed by atoms with Crippen LogP contribution >= 0.6 is 11.6 Å². The number of nitrogens with one attached hydrogen (secondary N) is 1. The van der Waals surface area contributed by atoms with Crippen molar-refractivity contribution in [1.82, 2.24) is 14.7 Å². The lowest BCUT2D eigenvalue weighted by Crippen LogP contribution is -2.31. The van der Waals surface area contributed by atoms with E-state index in [0.29, 0.717) is 16.4 Å². The molecule has 0 radical (unpaired) electrons. The van der Waals surface area contributed by atoms with Gasteiger partial charge < -0.3 is 5.32 Å². The highest BCUT2D eigenvalue weighted by molar-refractivity contribution is 6.31. The van der Waals surface area contributed by atoms with Gasteiger partial charge >= 0.3 is 0 Å². The molecule has 2 rings (SSSR count). The van der Waals surface area contributed by atoms with Gasteiger partial charge in [0, 0.05) is 29.2 Å². The van der Waals surface area contributed by atoms with Crippen LogP contribution in [0.1, 0.15) is 25.5 Å². The van der Waals surface area contributed by atoms with E-state index in [1.165, 1.54) is 6.07 Å². The molecule has 124 valence electrons. The summed E-state index contributed by atoms with van der Waals surface area (Å²) in [4.78, 5) is 13.8. The van der Waals surface area contributed by atoms with Crippen molar-refractivity contribution in [1.29, 1.82) is 0 Å². The second-order valence-corrected chi connectivity index (χ2v) is 6.08. The molecule has 5 nitrogen and oxygen atoms in total. The first-order chi connectivity index (χ1) is 10.9. The van der Waals surface area contributed by atoms with Crippen molar-refractivity contribution >= 4 is 23.3 Å². The van der Waals surface area contributed by atoms with Crippen LogP contribution in [0.3, 0.4) is 0 Å². The van der Waals surface area contributed by atoms with E-state index in [2.05, 4.69) is 10.4 Å². The summed E-state index contributed by atoms with van der Waals surface area (Å²) in [6, 6.07) is 6.44. The van der Waals surface area contributed by atoms with Gasteiger partial charge in [0.05, 0.1) is 12.7 Å². The number of rotatable bonds is 6. The Kier molecular flexibility index (Phi) is 5.74. The first-order valence-corrected chi connectivity index (χ1v) is 7.71. The summed E-state index contributed by atoms with van der Waals surface area (Å²) in [6.07, 6.45) is 1.64. The molecule has 1 N–H and O–H groups in total. The van der Waals surface area contributed by atoms with Gasteiger partial charge in [0.25, 0.3) is 0 Å². The fraction of sp³-hybridized carbons (Fsp3) is 0.375. The van der Waals surface area contributed by atoms with Crippen LogP contribution < -0.4 is 5.32 Å². The molecule has 0 saturated carbocycles. The summed E-state index contributed by atoms with van der Waals surface area (Å²) in [6.45, 7) is 4.33. The van der Waals surface area contributed by atoms with E-state index < -0.39 is 0 Å². The van der Waals surface area contributed by atoms with Crippen molar-refractivity contribution in [3.05, 3.63) is 46.9 Å². The lowest BCUT2D eigenvalue weighted by molar-refractivity contribution is -0.117. The predicted octanol–water partition coefficient (Wildman–Crippen LogP) is 3.33. The molecular formula is C16H20ClFN4O. The highest BCUT2D eigenvalue weighted by Gasteiger charge is 2.14. The van der Waals surface area contributed by atoms with E-state index >= 15 is 0 Å². The number of likely N-dealkylation sites (N-methyl/N-ethyl adjacent to an activating group) is 1. The van der Waals surface area contributed by atoms with Crippen molar-refractivity contribution in [3.8, 4) is 0 Å². The maximum absolute atomic E-state index is 13.8. The van der Waals surface area contributed by atoms with Gasteiger partial charge in [-0.15, -0.1) is 0 Å². The second kappa shape index (κ2) is 7.57. The van der Waals surface area contributed by atoms with Gasteiger partial charge in [0.2, 0.25) is 5.91 Å². The molecule has 0 saturated heterocycles. The van der Waals surface area contributed by atoms with Gasteiger partial charge in [-0.25, -0.2) is 9.07 Å². The van der Waals surface area contributed by atoms with E-state index in [4.69, 9.17) is 11.6 Å². The molecule has 1 aromatic heterocycles. The van der Waals surface area contributed by atoms with Gasteiger partial charge in [0.15, 0.2) is 0 Å². The van der Waals surface area contributed by atoms with Crippen molar-refractivity contribution in [2.75, 3.05) is 18.9 Å². The van der Waals surface area contributed by atoms with Crippen LogP contribution in [0, 0.1) is 5.82 Å². The van der Waals surface area contributed by atoms with Gasteiger partial charge in [-0.1, -0.05) is 17.7 Å². The molecule has 0 aliphatic heterocycles. The Balaban J connectivity index is 1.96. The molecule has 1 heterocycles. The Morgan fingerprint density at radius 2 is 2.17 bits per heavy atom. The SMILES string of the molecule is CC(C)n1nccc1NC(=O)CN(C)Cc1c(F)cccc1Cl. The topological polar surface area (TPSA) is 50.2 Å². The fourth-order valence-corrected chi connectivity index (χ4v) is 2.48. The quantitative estimate of drug-likeness (QED) is 0.879. The average Bonchev–Trinajstić information content (AvgIpc) is 2.91. The predicted molar refractivity (Wildman–Crippen MR) is 89.0 cm³/mol. The van der Waals surface area contributed by atoms with Crippen LogP contribution in [0.4, 0.5) is 10.2 Å². The number of nitrogens with zero attached hydrogens (tertiary/aromatic N) is 3. The lowest BCUT2D eigenvalue weighted by Gasteiger charge is -2.18. The van der Waals surface area contributed by atoms with Gasteiger partial charge in [-0.2, -0.15) is 5.10 Å². The molecule has 2 aromatic rings. The van der Waals surface area contributed by atoms with Crippen molar-refractivity contribution < 1.29 is 9.18 Å². The number of carbonyl (C=O) groups is 1. The zero-order valence-electron chi connectivity index (χ0n) is 13.4. The second-order valence-electron chi connectivity index (χ2n) is 5.68. The minimum absolute atomic E-state index is 0.119. The summed E-state index contributed by atoms with van der Waals surface area (Å²) in [5, 5.41) is 7.33. The highest BCUT2D eigenvalue weighted by atomic mass is 35.5. The molecule has 0 bridgehead atoms. The van der Waals surface area contributed by atoms with Gasteiger partial charge in [-0.3, -0.25) is 9.69 Å². The summed E-state index contributed by atoms with van der Waals surface area (Å²) >= 11 is 6.00. The Morgan fingerprint density at radius 3 is 2.83 bits per heavy atom. The minimum atomic E-state index is -0.373. The first kappa shape index (κ1) is 17.4. The minimum Gasteiger partial charge on any atom is -0.310 e. The van der Waals surface area contributed by atoms with E-state index in [0.717, 1.165) is 0 Å². The molecule has 0 atom stereocenters. The van der Waals surface area contributed by atoms with Crippen LogP contribution in [-0.4, -0.2) is 34.2 Å². The molecule has 1 amide bonds. The van der Waals surface area contributed by atoms with Gasteiger partial charge in [0.1, 0.15) is 11.6 Å². The number of amides is 1. The van der Waals surface area contributed by atoms with Crippen molar-refractivity contribution in [2.45, 2.75) is 26.4 Å². The monoisotopic (exact) mass is 338 g/mol. The van der Waals surface area contributed by atoms with Crippen LogP contribution in [0.15, 0.2) is 30.5 Å². The third-order valence-corrected chi connectivity index (χ3v) is 3.68. The van der Waals surface area contributed by atoms with E-state index in [-0.39, 0.29) is 30.9 Å². The average molecular weight is 339 g/mol. The Morgan fingerprint density at radius 1 is 1.43 bits per heavy atom. The number of halogens is 2. The summed E-state index contributed by atoms with van der Waals surface area (Å²) in [5.41, 5.74) is 0.386. The standard InChI is InChI=1S/C16H20ClFN4O/c1-11(2)22-15(7-8-19-22)20-16(23)10-21(3)9-12-13(17)5-4-6-14(12)18/h4-8,11H,9-10H2,1-3H3,(H,20,23). The maximum atomic E-state index is 13.8. The molecular weight excluding hydrogens is 319 g/mol. The zero-order valence-corrected chi connectivity index (χ0v) is 14.1. The van der Waals surface area contributed by atoms with Gasteiger partial charge in [-0.05, 0) is 33.0 Å². The largest absolute Gasteiger partial charge is 0.310 e. The molecule has 23 heavy (non-hydrogen) atoms. The normalized spacial score (nSPS) is 11.3. The van der Waals surface area contributed by atoms with Crippen LogP contribution in [-0.2, 0) is 11.3 Å². The zero-order chi connectivity index (χ0) is 17.0. The van der Waals surface area contributed by atoms with Crippen molar-refractivity contribution in [2.24, 2.45) is 0 Å². The lowest BCUT2D eigenvalue weighted by atomic mass is 10.2. The third-order valence-electron chi connectivity index (χ3n) is 3.33. The van der Waals surface area contributed by atoms with E-state index in [1.54, 1.807) is 41.0 Å². The molecule has 7 heteroatoms. The number of hydrogen-bond donors (Lipinski definition) is 1. The number of hydrogen-bond acceptors (Lipinski definition) is 3. The van der Waals surface area contributed by atoms with E-state index in [1.807, 2.05) is 13.8 Å². The Hall–Kier alpha value is -1.92. The Labute approximate surface area is 140 Å². The summed E-state index contributed by atoms with van der Waals surface area (Å²) < 4.78 is 15.5. The van der Waals surface area contributed by atoms with Crippen LogP contribution in [0.5, 0.6) is 0 Å². The molecule has 0 fully saturated rings. The molecule has 0 spiro atoms. The Bertz CT molecular complexity index is 666. The number of anilines is 1. The fourth-order valence-electron chi connectivity index (χ4n) is 2.26. The molecule has 0 aliphatic rings. The smallest absolute Gasteiger partial charge is 0.239 e. The molecule has 0 unspecified atom stereocenters. The summed E-state index contributed by atoms with van der Waals surface area (Å²) in [5.74, 6) is 0.0762. The van der Waals surface area contributed by atoms with Crippen molar-refractivity contribution in [3.63, 3.8) is 0 Å². The first-order valence-electron chi connectivity index (χ1n) is 7.33. The number of carbonyl (C=O) groups excluding carboxylic acids is 1. The van der Waals surface area contributed by atoms with Crippen LogP contribution in [0.25, 0.3) is 0 Å². The maximum Gasteiger partial charge on any atom is 0.239 e.